The topological polar surface area (TPSA) is 68.3 Å². The van der Waals surface area contributed by atoms with Crippen molar-refractivity contribution in [2.75, 3.05) is 5.75 Å². The van der Waals surface area contributed by atoms with Gasteiger partial charge in [0.2, 0.25) is 0 Å². The fourth-order valence-electron chi connectivity index (χ4n) is 2.15. The van der Waals surface area contributed by atoms with Crippen LogP contribution in [0.3, 0.4) is 0 Å². The summed E-state index contributed by atoms with van der Waals surface area (Å²) in [7, 11) is -3.70. The summed E-state index contributed by atoms with van der Waals surface area (Å²) in [5.41, 5.74) is -0.420. The van der Waals surface area contributed by atoms with Gasteiger partial charge in [0.1, 0.15) is 11.6 Å². The molecule has 0 amide bonds. The van der Waals surface area contributed by atoms with Crippen molar-refractivity contribution in [1.82, 2.24) is 0 Å². The largest absolute Gasteiger partial charge is 0.299 e. The number of ketones is 2. The van der Waals surface area contributed by atoms with E-state index in [9.17, 15) is 18.0 Å². The Morgan fingerprint density at radius 3 is 1.91 bits per heavy atom. The van der Waals surface area contributed by atoms with Gasteiger partial charge in [-0.15, -0.1) is 0 Å². The van der Waals surface area contributed by atoms with Crippen molar-refractivity contribution in [1.29, 1.82) is 0 Å². The van der Waals surface area contributed by atoms with Gasteiger partial charge < -0.3 is 0 Å². The predicted molar refractivity (Wildman–Crippen MR) is 86.7 cm³/mol. The van der Waals surface area contributed by atoms with E-state index >= 15 is 0 Å². The summed E-state index contributed by atoms with van der Waals surface area (Å²) in [4.78, 5) is 23.6. The first kappa shape index (κ1) is 18.6. The minimum Gasteiger partial charge on any atom is -0.299 e. The van der Waals surface area contributed by atoms with Crippen LogP contribution in [0.2, 0.25) is 0 Å². The van der Waals surface area contributed by atoms with E-state index in [0.717, 1.165) is 12.0 Å². The molecule has 0 N–H and O–H groups in total. The third kappa shape index (κ3) is 3.83. The molecule has 1 unspecified atom stereocenters. The molecule has 1 rings (SSSR count). The summed E-state index contributed by atoms with van der Waals surface area (Å²) in [6.07, 6.45) is 0.971. The van der Waals surface area contributed by atoms with E-state index in [-0.39, 0.29) is 4.90 Å². The first-order valence-electron chi connectivity index (χ1n) is 7.39. The third-order valence-electron chi connectivity index (χ3n) is 4.45. The lowest BCUT2D eigenvalue weighted by molar-refractivity contribution is -0.135. The van der Waals surface area contributed by atoms with Crippen LogP contribution in [0.5, 0.6) is 0 Å². The molecule has 4 nitrogen and oxygen atoms in total. The molecule has 0 saturated heterocycles. The molecule has 1 aromatic carbocycles. The molecule has 0 aliphatic heterocycles. The van der Waals surface area contributed by atoms with Crippen molar-refractivity contribution >= 4 is 21.4 Å². The van der Waals surface area contributed by atoms with Crippen LogP contribution in [0.1, 0.15) is 52.5 Å². The highest BCUT2D eigenvalue weighted by molar-refractivity contribution is 7.91. The molecule has 0 aliphatic rings. The van der Waals surface area contributed by atoms with Crippen molar-refractivity contribution in [3.05, 3.63) is 29.8 Å². The maximum absolute atomic E-state index is 12.5. The Kier molecular flexibility index (Phi) is 5.68. The van der Waals surface area contributed by atoms with Crippen LogP contribution in [0.15, 0.2) is 29.2 Å². The van der Waals surface area contributed by atoms with E-state index in [4.69, 9.17) is 0 Å². The van der Waals surface area contributed by atoms with E-state index in [0.29, 0.717) is 5.92 Å². The van der Waals surface area contributed by atoms with Crippen LogP contribution in [0.4, 0.5) is 0 Å². The zero-order valence-corrected chi connectivity index (χ0v) is 14.7. The van der Waals surface area contributed by atoms with Crippen LogP contribution in [-0.2, 0) is 19.4 Å². The first-order valence-corrected chi connectivity index (χ1v) is 9.04. The van der Waals surface area contributed by atoms with Gasteiger partial charge in [-0.05, 0) is 50.8 Å². The molecule has 0 heterocycles. The zero-order valence-electron chi connectivity index (χ0n) is 13.8. The summed E-state index contributed by atoms with van der Waals surface area (Å²) in [6, 6.07) is 6.69. The van der Waals surface area contributed by atoms with E-state index in [2.05, 4.69) is 13.8 Å². The monoisotopic (exact) mass is 324 g/mol. The lowest BCUT2D eigenvalue weighted by Crippen LogP contribution is -2.40. The molecule has 5 heteroatoms. The highest BCUT2D eigenvalue weighted by Crippen LogP contribution is 2.27. The molecular weight excluding hydrogens is 300 g/mol. The molecule has 0 aliphatic carbocycles. The van der Waals surface area contributed by atoms with Gasteiger partial charge in [0.15, 0.2) is 9.84 Å². The van der Waals surface area contributed by atoms with Gasteiger partial charge in [0, 0.05) is 0 Å². The maximum atomic E-state index is 12.5. The van der Waals surface area contributed by atoms with Gasteiger partial charge in [-0.1, -0.05) is 26.0 Å². The summed E-state index contributed by atoms with van der Waals surface area (Å²) < 4.78 is 25.0. The van der Waals surface area contributed by atoms with Crippen LogP contribution in [-0.4, -0.2) is 25.7 Å². The summed E-state index contributed by atoms with van der Waals surface area (Å²) in [6.45, 7) is 8.04. The average Bonchev–Trinajstić information content (AvgIpc) is 2.45. The lowest BCUT2D eigenvalue weighted by atomic mass is 9.85. The Hall–Kier alpha value is -1.49. The van der Waals surface area contributed by atoms with Crippen molar-refractivity contribution in [2.45, 2.75) is 51.9 Å². The van der Waals surface area contributed by atoms with E-state index < -0.39 is 32.6 Å². The Labute approximate surface area is 132 Å². The number of sulfone groups is 1. The molecule has 0 radical (unpaired) electrons. The van der Waals surface area contributed by atoms with Crippen LogP contribution >= 0.6 is 0 Å². The summed E-state index contributed by atoms with van der Waals surface area (Å²) in [5.74, 6) is -0.996. The lowest BCUT2D eigenvalue weighted by Gasteiger charge is -2.23. The van der Waals surface area contributed by atoms with Gasteiger partial charge in [0.05, 0.1) is 16.1 Å². The van der Waals surface area contributed by atoms with E-state index in [1.807, 2.05) is 0 Å². The number of benzene rings is 1. The predicted octanol–water partition coefficient (Wildman–Crippen LogP) is 3.16. The number of Topliss-reactive ketones (excluding diaryl/α,β-unsaturated/α-hetero) is 2. The third-order valence-corrected chi connectivity index (χ3v) is 6.40. The average molecular weight is 324 g/mol. The zero-order chi connectivity index (χ0) is 17.1. The smallest absolute Gasteiger partial charge is 0.179 e. The summed E-state index contributed by atoms with van der Waals surface area (Å²) in [5, 5.41) is 0. The minimum absolute atomic E-state index is 0.147. The second-order valence-corrected chi connectivity index (χ2v) is 8.07. The molecule has 0 spiro atoms. The number of hydrogen-bond donors (Lipinski definition) is 0. The molecule has 22 heavy (non-hydrogen) atoms. The second kappa shape index (κ2) is 6.73. The second-order valence-electron chi connectivity index (χ2n) is 6.08. The fraction of sp³-hybridized carbons (Fsp3) is 0.529. The van der Waals surface area contributed by atoms with Crippen molar-refractivity contribution in [3.8, 4) is 0 Å². The van der Waals surface area contributed by atoms with Crippen LogP contribution < -0.4 is 0 Å². The standard InChI is InChI=1S/C17H24O4S/c1-6-12(2)15-7-9-16(10-8-15)22(20,21)11-17(5,13(3)18)14(4)19/h7-10,12H,6,11H2,1-5H3. The number of carbonyl (C=O) groups is 2. The molecule has 1 aromatic rings. The van der Waals surface area contributed by atoms with Crippen molar-refractivity contribution in [3.63, 3.8) is 0 Å². The number of hydrogen-bond acceptors (Lipinski definition) is 4. The Morgan fingerprint density at radius 1 is 1.09 bits per heavy atom. The first-order chi connectivity index (χ1) is 10.0. The van der Waals surface area contributed by atoms with Gasteiger partial charge >= 0.3 is 0 Å². The molecular formula is C17H24O4S. The van der Waals surface area contributed by atoms with Gasteiger partial charge in [-0.2, -0.15) is 0 Å². The fourth-order valence-corrected chi connectivity index (χ4v) is 4.04. The maximum Gasteiger partial charge on any atom is 0.179 e. The Bertz CT molecular complexity index is 642. The van der Waals surface area contributed by atoms with Crippen molar-refractivity contribution < 1.29 is 18.0 Å². The Balaban J connectivity index is 3.14. The van der Waals surface area contributed by atoms with Gasteiger partial charge in [0.25, 0.3) is 0 Å². The highest BCUT2D eigenvalue weighted by atomic mass is 32.2. The molecule has 0 fully saturated rings. The molecule has 0 saturated carbocycles. The van der Waals surface area contributed by atoms with E-state index in [1.54, 1.807) is 24.3 Å². The molecule has 0 bridgehead atoms. The number of carbonyl (C=O) groups excluding carboxylic acids is 2. The van der Waals surface area contributed by atoms with E-state index in [1.165, 1.54) is 20.8 Å². The highest BCUT2D eigenvalue weighted by Gasteiger charge is 2.40. The van der Waals surface area contributed by atoms with Gasteiger partial charge in [-0.3, -0.25) is 9.59 Å². The van der Waals surface area contributed by atoms with Crippen molar-refractivity contribution in [2.24, 2.45) is 5.41 Å². The minimum atomic E-state index is -3.70. The molecule has 1 atom stereocenters. The van der Waals surface area contributed by atoms with Crippen LogP contribution in [0, 0.1) is 5.41 Å². The van der Waals surface area contributed by atoms with Crippen LogP contribution in [0.25, 0.3) is 0 Å². The SMILES string of the molecule is CCC(C)c1ccc(S(=O)(=O)CC(C)(C(C)=O)C(C)=O)cc1. The Morgan fingerprint density at radius 2 is 1.55 bits per heavy atom. The summed E-state index contributed by atoms with van der Waals surface area (Å²) >= 11 is 0. The normalized spacial score (nSPS) is 13.7. The number of rotatable bonds is 7. The van der Waals surface area contributed by atoms with Gasteiger partial charge in [-0.25, -0.2) is 8.42 Å². The quantitative estimate of drug-likeness (QED) is 0.723. The molecule has 0 aromatic heterocycles. The molecule has 122 valence electrons.